The van der Waals surface area contributed by atoms with Crippen LogP contribution in [0.25, 0.3) is 0 Å². The van der Waals surface area contributed by atoms with E-state index in [9.17, 15) is 4.39 Å². The van der Waals surface area contributed by atoms with E-state index in [1.807, 2.05) is 12.1 Å². The highest BCUT2D eigenvalue weighted by Gasteiger charge is 2.16. The van der Waals surface area contributed by atoms with Gasteiger partial charge < -0.3 is 14.8 Å². The molecular formula is C10H12FNO2. The van der Waals surface area contributed by atoms with Crippen LogP contribution in [0.15, 0.2) is 18.2 Å². The van der Waals surface area contributed by atoms with E-state index in [-0.39, 0.29) is 12.8 Å². The molecule has 0 saturated carbocycles. The van der Waals surface area contributed by atoms with Gasteiger partial charge in [-0.15, -0.1) is 0 Å². The van der Waals surface area contributed by atoms with Crippen molar-refractivity contribution in [2.45, 2.75) is 6.04 Å². The van der Waals surface area contributed by atoms with E-state index in [2.05, 4.69) is 5.32 Å². The van der Waals surface area contributed by atoms with Crippen LogP contribution in [-0.2, 0) is 0 Å². The Kier molecular flexibility index (Phi) is 2.54. The van der Waals surface area contributed by atoms with E-state index in [0.717, 1.165) is 11.3 Å². The number of halogens is 1. The summed E-state index contributed by atoms with van der Waals surface area (Å²) in [6.45, 7) is -0.186. The summed E-state index contributed by atoms with van der Waals surface area (Å²) in [5.41, 5.74) is 0.874. The van der Waals surface area contributed by atoms with Gasteiger partial charge in [0.2, 0.25) is 6.79 Å². The number of hydrogen-bond acceptors (Lipinski definition) is 3. The number of fused-ring (bicyclic) bond motifs is 1. The molecule has 1 heterocycles. The van der Waals surface area contributed by atoms with Gasteiger partial charge in [-0.05, 0) is 24.7 Å². The van der Waals surface area contributed by atoms with Gasteiger partial charge in [0.05, 0.1) is 6.04 Å². The van der Waals surface area contributed by atoms with Crippen molar-refractivity contribution in [3.05, 3.63) is 23.8 Å². The molecule has 0 amide bonds. The molecule has 0 saturated heterocycles. The minimum absolute atomic E-state index is 0.249. The number of rotatable bonds is 3. The van der Waals surface area contributed by atoms with Crippen molar-refractivity contribution < 1.29 is 13.9 Å². The van der Waals surface area contributed by atoms with Crippen molar-refractivity contribution >= 4 is 0 Å². The summed E-state index contributed by atoms with van der Waals surface area (Å²) in [5.74, 6) is 1.42. The van der Waals surface area contributed by atoms with E-state index >= 15 is 0 Å². The Morgan fingerprint density at radius 2 is 2.21 bits per heavy atom. The van der Waals surface area contributed by atoms with Crippen LogP contribution in [0.4, 0.5) is 4.39 Å². The topological polar surface area (TPSA) is 30.5 Å². The molecule has 4 heteroatoms. The van der Waals surface area contributed by atoms with Gasteiger partial charge >= 0.3 is 0 Å². The Morgan fingerprint density at radius 1 is 1.43 bits per heavy atom. The van der Waals surface area contributed by atoms with Crippen molar-refractivity contribution in [1.29, 1.82) is 0 Å². The van der Waals surface area contributed by atoms with Gasteiger partial charge in [0.1, 0.15) is 6.67 Å². The van der Waals surface area contributed by atoms with Crippen LogP contribution >= 0.6 is 0 Å². The Labute approximate surface area is 81.8 Å². The monoisotopic (exact) mass is 197 g/mol. The molecular weight excluding hydrogens is 185 g/mol. The fraction of sp³-hybridized carbons (Fsp3) is 0.400. The lowest BCUT2D eigenvalue weighted by atomic mass is 10.1. The van der Waals surface area contributed by atoms with Gasteiger partial charge in [-0.25, -0.2) is 4.39 Å². The predicted octanol–water partition coefficient (Wildman–Crippen LogP) is 1.65. The van der Waals surface area contributed by atoms with Crippen molar-refractivity contribution in [3.8, 4) is 11.5 Å². The average molecular weight is 197 g/mol. The van der Waals surface area contributed by atoms with Gasteiger partial charge in [0.15, 0.2) is 11.5 Å². The molecule has 76 valence electrons. The van der Waals surface area contributed by atoms with Crippen molar-refractivity contribution in [1.82, 2.24) is 5.32 Å². The first-order valence-corrected chi connectivity index (χ1v) is 4.48. The lowest BCUT2D eigenvalue weighted by Crippen LogP contribution is -2.17. The van der Waals surface area contributed by atoms with Crippen molar-refractivity contribution in [3.63, 3.8) is 0 Å². The molecule has 0 aliphatic carbocycles. The summed E-state index contributed by atoms with van der Waals surface area (Å²) < 4.78 is 22.9. The largest absolute Gasteiger partial charge is 0.454 e. The summed E-state index contributed by atoms with van der Waals surface area (Å²) in [6.07, 6.45) is 0. The third kappa shape index (κ3) is 1.53. The summed E-state index contributed by atoms with van der Waals surface area (Å²) in [6, 6.07) is 5.18. The van der Waals surface area contributed by atoms with Crippen LogP contribution in [0.1, 0.15) is 11.6 Å². The van der Waals surface area contributed by atoms with Gasteiger partial charge in [-0.3, -0.25) is 0 Å². The summed E-state index contributed by atoms with van der Waals surface area (Å²) >= 11 is 0. The smallest absolute Gasteiger partial charge is 0.231 e. The zero-order valence-electron chi connectivity index (χ0n) is 7.92. The van der Waals surface area contributed by atoms with Crippen LogP contribution in [0.5, 0.6) is 11.5 Å². The highest BCUT2D eigenvalue weighted by atomic mass is 19.1. The molecule has 1 atom stereocenters. The first kappa shape index (κ1) is 9.27. The molecule has 3 nitrogen and oxygen atoms in total. The van der Waals surface area contributed by atoms with Gasteiger partial charge in [0, 0.05) is 0 Å². The van der Waals surface area contributed by atoms with Crippen LogP contribution < -0.4 is 14.8 Å². The maximum absolute atomic E-state index is 12.6. The molecule has 1 unspecified atom stereocenters. The molecule has 1 aromatic rings. The van der Waals surface area contributed by atoms with E-state index in [1.54, 1.807) is 13.1 Å². The summed E-state index contributed by atoms with van der Waals surface area (Å²) in [4.78, 5) is 0. The summed E-state index contributed by atoms with van der Waals surface area (Å²) in [7, 11) is 1.73. The molecule has 1 aliphatic heterocycles. The Bertz CT molecular complexity index is 326. The molecule has 0 fully saturated rings. The molecule has 1 aromatic carbocycles. The highest BCUT2D eigenvalue weighted by molar-refractivity contribution is 5.45. The second-order valence-corrected chi connectivity index (χ2v) is 3.11. The van der Waals surface area contributed by atoms with Crippen LogP contribution in [-0.4, -0.2) is 20.5 Å². The van der Waals surface area contributed by atoms with Gasteiger partial charge in [-0.1, -0.05) is 6.07 Å². The van der Waals surface area contributed by atoms with E-state index < -0.39 is 6.67 Å². The minimum Gasteiger partial charge on any atom is -0.454 e. The second kappa shape index (κ2) is 3.84. The van der Waals surface area contributed by atoms with Crippen LogP contribution in [0.3, 0.4) is 0 Å². The van der Waals surface area contributed by atoms with Gasteiger partial charge in [-0.2, -0.15) is 0 Å². The highest BCUT2D eigenvalue weighted by Crippen LogP contribution is 2.34. The maximum Gasteiger partial charge on any atom is 0.231 e. The van der Waals surface area contributed by atoms with Crippen molar-refractivity contribution in [2.75, 3.05) is 20.5 Å². The number of ether oxygens (including phenoxy) is 2. The molecule has 0 bridgehead atoms. The van der Waals surface area contributed by atoms with Crippen molar-refractivity contribution in [2.24, 2.45) is 0 Å². The SMILES string of the molecule is CNC(CF)c1ccc2c(c1)OCO2. The average Bonchev–Trinajstić information content (AvgIpc) is 2.66. The molecule has 0 aromatic heterocycles. The fourth-order valence-electron chi connectivity index (χ4n) is 1.46. The number of nitrogens with one attached hydrogen (secondary N) is 1. The molecule has 1 N–H and O–H groups in total. The minimum atomic E-state index is -0.434. The normalized spacial score (nSPS) is 15.6. The van der Waals surface area contributed by atoms with Gasteiger partial charge in [0.25, 0.3) is 0 Å². The maximum atomic E-state index is 12.6. The first-order chi connectivity index (χ1) is 6.85. The zero-order valence-corrected chi connectivity index (χ0v) is 7.92. The third-order valence-electron chi connectivity index (χ3n) is 2.30. The molecule has 1 aliphatic rings. The Morgan fingerprint density at radius 3 is 2.93 bits per heavy atom. The van der Waals surface area contributed by atoms with E-state index in [1.165, 1.54) is 0 Å². The third-order valence-corrected chi connectivity index (χ3v) is 2.30. The first-order valence-electron chi connectivity index (χ1n) is 4.48. The molecule has 2 rings (SSSR count). The predicted molar refractivity (Wildman–Crippen MR) is 50.3 cm³/mol. The number of benzene rings is 1. The van der Waals surface area contributed by atoms with E-state index in [4.69, 9.17) is 9.47 Å². The molecule has 14 heavy (non-hydrogen) atoms. The van der Waals surface area contributed by atoms with E-state index in [0.29, 0.717) is 5.75 Å². The standard InChI is InChI=1S/C10H12FNO2/c1-12-8(5-11)7-2-3-9-10(4-7)14-6-13-9/h2-4,8,12H,5-6H2,1H3. The van der Waals surface area contributed by atoms with Crippen LogP contribution in [0.2, 0.25) is 0 Å². The number of alkyl halides is 1. The lowest BCUT2D eigenvalue weighted by molar-refractivity contribution is 0.174. The Hall–Kier alpha value is -1.29. The molecule has 0 radical (unpaired) electrons. The summed E-state index contributed by atoms with van der Waals surface area (Å²) in [5, 5.41) is 2.89. The fourth-order valence-corrected chi connectivity index (χ4v) is 1.46. The Balaban J connectivity index is 2.27. The second-order valence-electron chi connectivity index (χ2n) is 3.11. The zero-order chi connectivity index (χ0) is 9.97. The number of hydrogen-bond donors (Lipinski definition) is 1. The quantitative estimate of drug-likeness (QED) is 0.799. The van der Waals surface area contributed by atoms with Crippen LogP contribution in [0, 0.1) is 0 Å². The molecule has 0 spiro atoms. The lowest BCUT2D eigenvalue weighted by Gasteiger charge is -2.12.